The van der Waals surface area contributed by atoms with E-state index in [2.05, 4.69) is 10.1 Å². The SMILES string of the molecule is COc1nc(C(N)=O)ccc1-c1c(Cl)cnn1C. The minimum absolute atomic E-state index is 0.133. The van der Waals surface area contributed by atoms with Gasteiger partial charge in [-0.3, -0.25) is 9.48 Å². The normalized spacial score (nSPS) is 10.4. The first-order chi connectivity index (χ1) is 8.54. The average molecular weight is 267 g/mol. The van der Waals surface area contributed by atoms with E-state index in [0.29, 0.717) is 16.3 Å². The summed E-state index contributed by atoms with van der Waals surface area (Å²) in [5.41, 5.74) is 6.61. The first-order valence-electron chi connectivity index (χ1n) is 5.07. The molecule has 2 N–H and O–H groups in total. The van der Waals surface area contributed by atoms with E-state index < -0.39 is 5.91 Å². The van der Waals surface area contributed by atoms with Crippen LogP contribution in [0.25, 0.3) is 11.3 Å². The molecule has 2 rings (SSSR count). The zero-order valence-corrected chi connectivity index (χ0v) is 10.6. The van der Waals surface area contributed by atoms with Crippen molar-refractivity contribution in [2.24, 2.45) is 12.8 Å². The van der Waals surface area contributed by atoms with Crippen LogP contribution in [0.5, 0.6) is 5.88 Å². The van der Waals surface area contributed by atoms with E-state index in [1.54, 1.807) is 17.8 Å². The van der Waals surface area contributed by atoms with Gasteiger partial charge < -0.3 is 10.5 Å². The Morgan fingerprint density at radius 1 is 1.50 bits per heavy atom. The molecule has 0 radical (unpaired) electrons. The summed E-state index contributed by atoms with van der Waals surface area (Å²) in [6.07, 6.45) is 1.53. The summed E-state index contributed by atoms with van der Waals surface area (Å²) in [5.74, 6) is -0.340. The summed E-state index contributed by atoms with van der Waals surface area (Å²) in [7, 11) is 3.21. The van der Waals surface area contributed by atoms with Crippen molar-refractivity contribution in [1.82, 2.24) is 14.8 Å². The highest BCUT2D eigenvalue weighted by Crippen LogP contribution is 2.33. The Morgan fingerprint density at radius 3 is 2.72 bits per heavy atom. The predicted octanol–water partition coefficient (Wildman–Crippen LogP) is 1.24. The number of hydrogen-bond donors (Lipinski definition) is 1. The molecule has 0 aliphatic rings. The Labute approximate surface area is 108 Å². The minimum atomic E-state index is -0.615. The number of aromatic nitrogens is 3. The van der Waals surface area contributed by atoms with E-state index in [0.717, 1.165) is 0 Å². The Balaban J connectivity index is 2.62. The van der Waals surface area contributed by atoms with Gasteiger partial charge in [0.1, 0.15) is 5.69 Å². The lowest BCUT2D eigenvalue weighted by Crippen LogP contribution is -2.13. The summed E-state index contributed by atoms with van der Waals surface area (Å²) >= 11 is 6.05. The first-order valence-corrected chi connectivity index (χ1v) is 5.45. The molecule has 0 spiro atoms. The molecule has 0 aliphatic carbocycles. The van der Waals surface area contributed by atoms with Gasteiger partial charge in [-0.2, -0.15) is 5.10 Å². The molecular weight excluding hydrogens is 256 g/mol. The number of ether oxygens (including phenoxy) is 1. The van der Waals surface area contributed by atoms with E-state index in [1.807, 2.05) is 0 Å². The second-order valence-electron chi connectivity index (χ2n) is 3.58. The standard InChI is InChI=1S/C11H11ClN4O2/c1-16-9(7(12)5-14-16)6-3-4-8(10(13)17)15-11(6)18-2/h3-5H,1-2H3,(H2,13,17). The van der Waals surface area contributed by atoms with Crippen molar-refractivity contribution in [2.45, 2.75) is 0 Å². The summed E-state index contributed by atoms with van der Waals surface area (Å²) in [6.45, 7) is 0. The van der Waals surface area contributed by atoms with Gasteiger partial charge in [0.05, 0.1) is 29.6 Å². The maximum absolute atomic E-state index is 11.1. The van der Waals surface area contributed by atoms with Crippen LogP contribution in [-0.4, -0.2) is 27.8 Å². The monoisotopic (exact) mass is 266 g/mol. The molecule has 0 bridgehead atoms. The highest BCUT2D eigenvalue weighted by atomic mass is 35.5. The maximum atomic E-state index is 11.1. The number of amides is 1. The second kappa shape index (κ2) is 4.66. The fraction of sp³-hybridized carbons (Fsp3) is 0.182. The number of methoxy groups -OCH3 is 1. The van der Waals surface area contributed by atoms with Crippen LogP contribution in [0.4, 0.5) is 0 Å². The molecule has 2 aromatic rings. The van der Waals surface area contributed by atoms with E-state index in [1.165, 1.54) is 19.4 Å². The van der Waals surface area contributed by atoms with Crippen LogP contribution in [0.1, 0.15) is 10.5 Å². The number of halogens is 1. The van der Waals surface area contributed by atoms with Crippen molar-refractivity contribution >= 4 is 17.5 Å². The Bertz CT molecular complexity index is 590. The molecule has 6 nitrogen and oxygen atoms in total. The molecule has 2 aromatic heterocycles. The van der Waals surface area contributed by atoms with Crippen molar-refractivity contribution in [3.63, 3.8) is 0 Å². The highest BCUT2D eigenvalue weighted by Gasteiger charge is 2.16. The molecule has 0 aliphatic heterocycles. The summed E-state index contributed by atoms with van der Waals surface area (Å²) < 4.78 is 6.75. The number of primary amides is 1. The topological polar surface area (TPSA) is 83.0 Å². The van der Waals surface area contributed by atoms with Gasteiger partial charge in [0, 0.05) is 7.05 Å². The molecule has 94 valence electrons. The van der Waals surface area contributed by atoms with Gasteiger partial charge >= 0.3 is 0 Å². The third-order valence-electron chi connectivity index (χ3n) is 2.46. The minimum Gasteiger partial charge on any atom is -0.480 e. The number of hydrogen-bond acceptors (Lipinski definition) is 4. The molecule has 18 heavy (non-hydrogen) atoms. The summed E-state index contributed by atoms with van der Waals surface area (Å²) in [5, 5.41) is 4.51. The maximum Gasteiger partial charge on any atom is 0.267 e. The number of nitrogens with zero attached hydrogens (tertiary/aromatic N) is 3. The molecule has 0 unspecified atom stereocenters. The van der Waals surface area contributed by atoms with Crippen LogP contribution in [0, 0.1) is 0 Å². The molecule has 0 aromatic carbocycles. The van der Waals surface area contributed by atoms with Gasteiger partial charge in [0.25, 0.3) is 5.91 Å². The van der Waals surface area contributed by atoms with Crippen LogP contribution in [0.15, 0.2) is 18.3 Å². The van der Waals surface area contributed by atoms with Crippen LogP contribution >= 0.6 is 11.6 Å². The third kappa shape index (κ3) is 2.02. The van der Waals surface area contributed by atoms with Gasteiger partial charge in [0.2, 0.25) is 5.88 Å². The third-order valence-corrected chi connectivity index (χ3v) is 2.73. The Kier molecular flexibility index (Phi) is 3.20. The molecular formula is C11H11ClN4O2. The summed E-state index contributed by atoms with van der Waals surface area (Å²) in [6, 6.07) is 3.19. The van der Waals surface area contributed by atoms with Crippen LogP contribution < -0.4 is 10.5 Å². The van der Waals surface area contributed by atoms with Crippen molar-refractivity contribution < 1.29 is 9.53 Å². The Morgan fingerprint density at radius 2 is 2.22 bits per heavy atom. The smallest absolute Gasteiger partial charge is 0.267 e. The van der Waals surface area contributed by atoms with Crippen molar-refractivity contribution in [3.05, 3.63) is 29.0 Å². The second-order valence-corrected chi connectivity index (χ2v) is 3.99. The van der Waals surface area contributed by atoms with Crippen LogP contribution in [0.2, 0.25) is 5.02 Å². The number of carbonyl (C=O) groups excluding carboxylic acids is 1. The lowest BCUT2D eigenvalue weighted by atomic mass is 10.1. The lowest BCUT2D eigenvalue weighted by Gasteiger charge is -2.09. The van der Waals surface area contributed by atoms with Gasteiger partial charge in [-0.25, -0.2) is 4.98 Å². The molecule has 0 saturated heterocycles. The average Bonchev–Trinajstić information content (AvgIpc) is 2.68. The molecule has 0 atom stereocenters. The van der Waals surface area contributed by atoms with Crippen LogP contribution in [-0.2, 0) is 7.05 Å². The highest BCUT2D eigenvalue weighted by molar-refractivity contribution is 6.33. The number of rotatable bonds is 3. The fourth-order valence-corrected chi connectivity index (χ4v) is 1.89. The molecule has 2 heterocycles. The quantitative estimate of drug-likeness (QED) is 0.906. The Hall–Kier alpha value is -2.08. The van der Waals surface area contributed by atoms with Crippen LogP contribution in [0.3, 0.4) is 0 Å². The number of nitrogens with two attached hydrogens (primary N) is 1. The molecule has 0 saturated carbocycles. The number of carbonyl (C=O) groups is 1. The van der Waals surface area contributed by atoms with Crippen molar-refractivity contribution in [1.29, 1.82) is 0 Å². The van der Waals surface area contributed by atoms with Gasteiger partial charge in [0.15, 0.2) is 0 Å². The van der Waals surface area contributed by atoms with Gasteiger partial charge in [-0.1, -0.05) is 11.6 Å². The number of pyridine rings is 1. The fourth-order valence-electron chi connectivity index (χ4n) is 1.63. The van der Waals surface area contributed by atoms with Crippen molar-refractivity contribution in [2.75, 3.05) is 7.11 Å². The first kappa shape index (κ1) is 12.4. The predicted molar refractivity (Wildman–Crippen MR) is 66.5 cm³/mol. The van der Waals surface area contributed by atoms with Gasteiger partial charge in [-0.05, 0) is 12.1 Å². The molecule has 7 heteroatoms. The van der Waals surface area contributed by atoms with Crippen molar-refractivity contribution in [3.8, 4) is 17.1 Å². The largest absolute Gasteiger partial charge is 0.480 e. The molecule has 0 fully saturated rings. The molecule has 1 amide bonds. The lowest BCUT2D eigenvalue weighted by molar-refractivity contribution is 0.0995. The van der Waals surface area contributed by atoms with Gasteiger partial charge in [-0.15, -0.1) is 0 Å². The van der Waals surface area contributed by atoms with E-state index >= 15 is 0 Å². The zero-order chi connectivity index (χ0) is 13.3. The summed E-state index contributed by atoms with van der Waals surface area (Å²) in [4.78, 5) is 15.1. The van der Waals surface area contributed by atoms with E-state index in [4.69, 9.17) is 22.1 Å². The van der Waals surface area contributed by atoms with E-state index in [9.17, 15) is 4.79 Å². The zero-order valence-electron chi connectivity index (χ0n) is 9.85. The van der Waals surface area contributed by atoms with E-state index in [-0.39, 0.29) is 11.6 Å². The number of aryl methyl sites for hydroxylation is 1.